The summed E-state index contributed by atoms with van der Waals surface area (Å²) >= 11 is 0. The molecule has 4 aromatic carbocycles. The van der Waals surface area contributed by atoms with Crippen LogP contribution in [0.5, 0.6) is 5.75 Å². The van der Waals surface area contributed by atoms with Crippen LogP contribution >= 0.6 is 0 Å². The Morgan fingerprint density at radius 2 is 1.65 bits per heavy atom. The molecule has 176 valence electrons. The van der Waals surface area contributed by atoms with Crippen molar-refractivity contribution in [2.24, 2.45) is 0 Å². The summed E-state index contributed by atoms with van der Waals surface area (Å²) in [6.07, 6.45) is -3.64. The van der Waals surface area contributed by atoms with E-state index in [9.17, 15) is 17.6 Å². The van der Waals surface area contributed by atoms with Gasteiger partial charge in [0.05, 0.1) is 12.7 Å². The van der Waals surface area contributed by atoms with Gasteiger partial charge in [-0.15, -0.1) is 0 Å². The lowest BCUT2D eigenvalue weighted by Gasteiger charge is -2.16. The normalized spacial score (nSPS) is 12.6. The van der Waals surface area contributed by atoms with Crippen LogP contribution in [-0.4, -0.2) is 13.7 Å². The molecule has 0 heterocycles. The van der Waals surface area contributed by atoms with Gasteiger partial charge in [-0.3, -0.25) is 0 Å². The van der Waals surface area contributed by atoms with E-state index in [4.69, 9.17) is 4.74 Å². The molecule has 2 nitrogen and oxygen atoms in total. The second-order valence-corrected chi connectivity index (χ2v) is 8.26. The van der Waals surface area contributed by atoms with E-state index in [0.29, 0.717) is 6.54 Å². The summed E-state index contributed by atoms with van der Waals surface area (Å²) in [5.74, 6) is -0.188. The largest absolute Gasteiger partial charge is 0.494 e. The number of nitrogens with one attached hydrogen (secondary N) is 1. The third-order valence-corrected chi connectivity index (χ3v) is 5.98. The molecular formula is C28H25F4NO. The zero-order valence-electron chi connectivity index (χ0n) is 18.9. The lowest BCUT2D eigenvalue weighted by Crippen LogP contribution is -2.21. The van der Waals surface area contributed by atoms with Gasteiger partial charge in [0.2, 0.25) is 0 Å². The summed E-state index contributed by atoms with van der Waals surface area (Å²) in [4.78, 5) is 0. The van der Waals surface area contributed by atoms with Gasteiger partial charge in [-0.25, -0.2) is 4.39 Å². The quantitative estimate of drug-likeness (QED) is 0.283. The summed E-state index contributed by atoms with van der Waals surface area (Å²) in [7, 11) is 1.44. The number of benzene rings is 4. The van der Waals surface area contributed by atoms with E-state index >= 15 is 0 Å². The van der Waals surface area contributed by atoms with Crippen LogP contribution in [0, 0.1) is 5.82 Å². The average Bonchev–Trinajstić information content (AvgIpc) is 2.83. The molecule has 0 aliphatic carbocycles. The van der Waals surface area contributed by atoms with Crippen LogP contribution in [-0.2, 0) is 12.6 Å². The first-order chi connectivity index (χ1) is 16.3. The van der Waals surface area contributed by atoms with Gasteiger partial charge in [0, 0.05) is 6.04 Å². The van der Waals surface area contributed by atoms with Gasteiger partial charge in [0.25, 0.3) is 0 Å². The van der Waals surface area contributed by atoms with Gasteiger partial charge in [-0.1, -0.05) is 54.6 Å². The van der Waals surface area contributed by atoms with Crippen molar-refractivity contribution >= 4 is 10.8 Å². The number of alkyl halides is 3. The smallest absolute Gasteiger partial charge is 0.416 e. The molecule has 1 N–H and O–H groups in total. The molecule has 0 aromatic heterocycles. The van der Waals surface area contributed by atoms with Crippen LogP contribution in [0.1, 0.15) is 29.7 Å². The van der Waals surface area contributed by atoms with Crippen LogP contribution in [0.4, 0.5) is 17.6 Å². The molecular weight excluding hydrogens is 442 g/mol. The third kappa shape index (κ3) is 5.23. The van der Waals surface area contributed by atoms with Gasteiger partial charge < -0.3 is 10.1 Å². The standard InChI is InChI=1S/C28H25F4NO/c1-18(21-9-12-26(29)27(17-21)34-2)33-14-13-19-15-22-5-3-4-6-24(22)25(16-19)20-7-10-23(11-8-20)28(30,31)32/h3-12,15-18,33H,13-14H2,1-2H3. The van der Waals surface area contributed by atoms with Crippen molar-refractivity contribution in [1.82, 2.24) is 5.32 Å². The number of hydrogen-bond acceptors (Lipinski definition) is 2. The number of hydrogen-bond donors (Lipinski definition) is 1. The molecule has 0 bridgehead atoms. The highest BCUT2D eigenvalue weighted by Crippen LogP contribution is 2.34. The second-order valence-electron chi connectivity index (χ2n) is 8.26. The highest BCUT2D eigenvalue weighted by atomic mass is 19.4. The van der Waals surface area contributed by atoms with Crippen molar-refractivity contribution in [1.29, 1.82) is 0 Å². The van der Waals surface area contributed by atoms with E-state index in [-0.39, 0.29) is 11.8 Å². The van der Waals surface area contributed by atoms with Crippen molar-refractivity contribution in [3.05, 3.63) is 101 Å². The van der Waals surface area contributed by atoms with Gasteiger partial charge in [0.1, 0.15) is 0 Å². The van der Waals surface area contributed by atoms with E-state index in [1.165, 1.54) is 25.3 Å². The average molecular weight is 468 g/mol. The molecule has 0 amide bonds. The summed E-state index contributed by atoms with van der Waals surface area (Å²) in [5, 5.41) is 5.47. The minimum atomic E-state index is -4.36. The van der Waals surface area contributed by atoms with E-state index in [1.807, 2.05) is 37.3 Å². The van der Waals surface area contributed by atoms with Crippen LogP contribution in [0.25, 0.3) is 21.9 Å². The maximum Gasteiger partial charge on any atom is 0.416 e. The Labute approximate surface area is 196 Å². The monoisotopic (exact) mass is 467 g/mol. The molecule has 0 aliphatic rings. The Hall–Kier alpha value is -3.38. The third-order valence-electron chi connectivity index (χ3n) is 5.98. The van der Waals surface area contributed by atoms with Crippen LogP contribution in [0.2, 0.25) is 0 Å². The molecule has 0 saturated carbocycles. The first kappa shape index (κ1) is 23.8. The van der Waals surface area contributed by atoms with Crippen LogP contribution < -0.4 is 10.1 Å². The molecule has 0 saturated heterocycles. The maximum absolute atomic E-state index is 13.7. The van der Waals surface area contributed by atoms with Gasteiger partial charge in [-0.2, -0.15) is 13.2 Å². The van der Waals surface area contributed by atoms with Crippen molar-refractivity contribution in [2.75, 3.05) is 13.7 Å². The first-order valence-electron chi connectivity index (χ1n) is 11.0. The Balaban J connectivity index is 1.54. The number of methoxy groups -OCH3 is 1. The summed E-state index contributed by atoms with van der Waals surface area (Å²) in [6.45, 7) is 2.67. The summed E-state index contributed by atoms with van der Waals surface area (Å²) in [6, 6.07) is 22.1. The summed E-state index contributed by atoms with van der Waals surface area (Å²) in [5.41, 5.74) is 2.98. The first-order valence-corrected chi connectivity index (χ1v) is 11.0. The Morgan fingerprint density at radius 1 is 0.912 bits per heavy atom. The predicted molar refractivity (Wildman–Crippen MR) is 127 cm³/mol. The fourth-order valence-corrected chi connectivity index (χ4v) is 4.09. The SMILES string of the molecule is COc1cc(C(C)NCCc2cc(-c3ccc(C(F)(F)F)cc3)c3ccccc3c2)ccc1F. The molecule has 4 rings (SSSR count). The van der Waals surface area contributed by atoms with E-state index in [1.54, 1.807) is 12.1 Å². The second kappa shape index (κ2) is 9.85. The summed E-state index contributed by atoms with van der Waals surface area (Å²) < 4.78 is 57.7. The zero-order valence-corrected chi connectivity index (χ0v) is 18.9. The minimum absolute atomic E-state index is 0.00987. The Morgan fingerprint density at radius 3 is 2.35 bits per heavy atom. The van der Waals surface area contributed by atoms with Gasteiger partial charge in [-0.05, 0) is 77.2 Å². The molecule has 0 spiro atoms. The fourth-order valence-electron chi connectivity index (χ4n) is 4.09. The van der Waals surface area contributed by atoms with Gasteiger partial charge in [0.15, 0.2) is 11.6 Å². The topological polar surface area (TPSA) is 21.3 Å². The number of halogens is 4. The van der Waals surface area contributed by atoms with Crippen molar-refractivity contribution in [3.8, 4) is 16.9 Å². The molecule has 0 radical (unpaired) electrons. The maximum atomic E-state index is 13.7. The molecule has 6 heteroatoms. The van der Waals surface area contributed by atoms with E-state index in [0.717, 1.165) is 51.6 Å². The molecule has 0 aliphatic heterocycles. The van der Waals surface area contributed by atoms with Crippen molar-refractivity contribution in [3.63, 3.8) is 0 Å². The van der Waals surface area contributed by atoms with E-state index < -0.39 is 17.6 Å². The highest BCUT2D eigenvalue weighted by molar-refractivity contribution is 5.97. The van der Waals surface area contributed by atoms with Crippen molar-refractivity contribution < 1.29 is 22.3 Å². The number of ether oxygens (including phenoxy) is 1. The lowest BCUT2D eigenvalue weighted by molar-refractivity contribution is -0.137. The fraction of sp³-hybridized carbons (Fsp3) is 0.214. The molecule has 1 atom stereocenters. The highest BCUT2D eigenvalue weighted by Gasteiger charge is 2.30. The van der Waals surface area contributed by atoms with Gasteiger partial charge >= 0.3 is 6.18 Å². The molecule has 1 unspecified atom stereocenters. The molecule has 34 heavy (non-hydrogen) atoms. The minimum Gasteiger partial charge on any atom is -0.494 e. The zero-order chi connectivity index (χ0) is 24.3. The predicted octanol–water partition coefficient (Wildman–Crippen LogP) is 7.57. The van der Waals surface area contributed by atoms with Crippen LogP contribution in [0.3, 0.4) is 0 Å². The Kier molecular flexibility index (Phi) is 6.89. The molecule has 0 fully saturated rings. The van der Waals surface area contributed by atoms with E-state index in [2.05, 4.69) is 11.4 Å². The number of rotatable bonds is 7. The Bertz CT molecular complexity index is 1280. The lowest BCUT2D eigenvalue weighted by atomic mass is 9.94. The van der Waals surface area contributed by atoms with Crippen molar-refractivity contribution in [2.45, 2.75) is 25.6 Å². The van der Waals surface area contributed by atoms with Crippen LogP contribution in [0.15, 0.2) is 78.9 Å². The molecule has 4 aromatic rings. The number of fused-ring (bicyclic) bond motifs is 1.